The second-order valence-corrected chi connectivity index (χ2v) is 9.70. The van der Waals surface area contributed by atoms with Crippen molar-refractivity contribution in [2.24, 2.45) is 0 Å². The Kier molecular flexibility index (Phi) is 9.87. The van der Waals surface area contributed by atoms with Crippen LogP contribution in [0.2, 0.25) is 0 Å². The van der Waals surface area contributed by atoms with Crippen LogP contribution in [0.1, 0.15) is 70.7 Å². The zero-order chi connectivity index (χ0) is 26.2. The van der Waals surface area contributed by atoms with E-state index in [0.717, 1.165) is 17.5 Å². The summed E-state index contributed by atoms with van der Waals surface area (Å²) in [5.41, 5.74) is 2.78. The minimum absolute atomic E-state index is 0.310. The fraction of sp³-hybridized carbons (Fsp3) is 0.464. The molecular formula is C28H39N3O4. The Hall–Kier alpha value is -3.35. The van der Waals surface area contributed by atoms with Crippen molar-refractivity contribution in [2.75, 3.05) is 11.9 Å². The van der Waals surface area contributed by atoms with Crippen LogP contribution in [0.3, 0.4) is 0 Å². The quantitative estimate of drug-likeness (QED) is 0.503. The molecule has 190 valence electrons. The molecule has 2 rings (SSSR count). The van der Waals surface area contributed by atoms with Gasteiger partial charge in [-0.15, -0.1) is 0 Å². The lowest BCUT2D eigenvalue weighted by Crippen LogP contribution is -2.51. The van der Waals surface area contributed by atoms with Gasteiger partial charge in [0, 0.05) is 12.2 Å². The molecule has 0 fully saturated rings. The lowest BCUT2D eigenvalue weighted by atomic mass is 10.00. The molecule has 0 spiro atoms. The van der Waals surface area contributed by atoms with Crippen LogP contribution >= 0.6 is 0 Å². The standard InChI is InChI=1S/C28H39N3O4/c1-8-18-31(26(33)20(4)29-27(34)35-28(5,6)7)24(22-16-14-21(9-2)15-17-22)25(32)30-23-13-11-10-12-19(23)3/h10-17,20,24H,8-9,18H2,1-7H3,(H,29,34)(H,30,32). The molecule has 0 saturated heterocycles. The molecular weight excluding hydrogens is 442 g/mol. The van der Waals surface area contributed by atoms with E-state index in [1.54, 1.807) is 27.7 Å². The summed E-state index contributed by atoms with van der Waals surface area (Å²) >= 11 is 0. The molecule has 2 unspecified atom stereocenters. The highest BCUT2D eigenvalue weighted by Crippen LogP contribution is 2.26. The smallest absolute Gasteiger partial charge is 0.408 e. The third-order valence-corrected chi connectivity index (χ3v) is 5.52. The van der Waals surface area contributed by atoms with E-state index in [1.807, 2.05) is 62.4 Å². The summed E-state index contributed by atoms with van der Waals surface area (Å²) in [6.45, 7) is 13.2. The second-order valence-electron chi connectivity index (χ2n) is 9.70. The number of nitrogens with zero attached hydrogens (tertiary/aromatic N) is 1. The molecule has 2 atom stereocenters. The number of anilines is 1. The Morgan fingerprint density at radius 2 is 1.63 bits per heavy atom. The summed E-state index contributed by atoms with van der Waals surface area (Å²) in [5.74, 6) is -0.669. The average Bonchev–Trinajstić information content (AvgIpc) is 2.79. The molecule has 0 aromatic heterocycles. The molecule has 0 saturated carbocycles. The summed E-state index contributed by atoms with van der Waals surface area (Å²) in [6, 6.07) is 13.5. The number of hydrogen-bond donors (Lipinski definition) is 2. The minimum atomic E-state index is -0.875. The Bertz CT molecular complexity index is 1010. The number of para-hydroxylation sites is 1. The molecule has 2 aromatic carbocycles. The van der Waals surface area contributed by atoms with Gasteiger partial charge in [0.05, 0.1) is 0 Å². The van der Waals surface area contributed by atoms with Crippen molar-refractivity contribution in [3.8, 4) is 0 Å². The highest BCUT2D eigenvalue weighted by molar-refractivity contribution is 5.99. The van der Waals surface area contributed by atoms with Crippen molar-refractivity contribution in [1.29, 1.82) is 0 Å². The van der Waals surface area contributed by atoms with Crippen LogP contribution < -0.4 is 10.6 Å². The van der Waals surface area contributed by atoms with Gasteiger partial charge in [-0.3, -0.25) is 9.59 Å². The first-order valence-corrected chi connectivity index (χ1v) is 12.2. The molecule has 7 heteroatoms. The predicted octanol–water partition coefficient (Wildman–Crippen LogP) is 5.39. The van der Waals surface area contributed by atoms with Crippen molar-refractivity contribution < 1.29 is 19.1 Å². The number of aryl methyl sites for hydroxylation is 2. The largest absolute Gasteiger partial charge is 0.444 e. The molecule has 2 aromatic rings. The molecule has 0 radical (unpaired) electrons. The van der Waals surface area contributed by atoms with E-state index in [4.69, 9.17) is 4.74 Å². The Morgan fingerprint density at radius 1 is 1.00 bits per heavy atom. The number of alkyl carbamates (subject to hydrolysis) is 1. The minimum Gasteiger partial charge on any atom is -0.444 e. The molecule has 0 bridgehead atoms. The van der Waals surface area contributed by atoms with Gasteiger partial charge in [-0.2, -0.15) is 0 Å². The van der Waals surface area contributed by atoms with Crippen LogP contribution in [0.5, 0.6) is 0 Å². The Morgan fingerprint density at radius 3 is 2.17 bits per heavy atom. The van der Waals surface area contributed by atoms with Crippen molar-refractivity contribution in [1.82, 2.24) is 10.2 Å². The molecule has 0 aliphatic rings. The number of carbonyl (C=O) groups is 3. The lowest BCUT2D eigenvalue weighted by molar-refractivity contribution is -0.140. The first kappa shape index (κ1) is 27.9. The van der Waals surface area contributed by atoms with Gasteiger partial charge in [0.15, 0.2) is 0 Å². The van der Waals surface area contributed by atoms with E-state index in [1.165, 1.54) is 4.90 Å². The predicted molar refractivity (Wildman–Crippen MR) is 139 cm³/mol. The van der Waals surface area contributed by atoms with Gasteiger partial charge >= 0.3 is 6.09 Å². The Labute approximate surface area is 209 Å². The normalized spacial score (nSPS) is 12.9. The van der Waals surface area contributed by atoms with E-state index in [0.29, 0.717) is 24.2 Å². The number of ether oxygens (including phenoxy) is 1. The van der Waals surface area contributed by atoms with Crippen LogP contribution in [0.15, 0.2) is 48.5 Å². The van der Waals surface area contributed by atoms with Crippen LogP contribution in [-0.2, 0) is 20.7 Å². The van der Waals surface area contributed by atoms with Crippen LogP contribution in [0.4, 0.5) is 10.5 Å². The topological polar surface area (TPSA) is 87.7 Å². The van der Waals surface area contributed by atoms with Gasteiger partial charge in [-0.1, -0.05) is 56.3 Å². The second kappa shape index (κ2) is 12.4. The van der Waals surface area contributed by atoms with Crippen LogP contribution in [0.25, 0.3) is 0 Å². The number of benzene rings is 2. The van der Waals surface area contributed by atoms with E-state index in [2.05, 4.69) is 17.6 Å². The SMILES string of the molecule is CCCN(C(=O)C(C)NC(=O)OC(C)(C)C)C(C(=O)Nc1ccccc1C)c1ccc(CC)cc1. The Balaban J connectivity index is 2.40. The van der Waals surface area contributed by atoms with Crippen molar-refractivity contribution in [3.63, 3.8) is 0 Å². The van der Waals surface area contributed by atoms with Crippen molar-refractivity contribution in [2.45, 2.75) is 79.0 Å². The molecule has 3 amide bonds. The van der Waals surface area contributed by atoms with Gasteiger partial charge in [0.2, 0.25) is 5.91 Å². The summed E-state index contributed by atoms with van der Waals surface area (Å²) in [5, 5.41) is 5.61. The third kappa shape index (κ3) is 8.12. The van der Waals surface area contributed by atoms with Crippen LogP contribution in [0, 0.1) is 6.92 Å². The van der Waals surface area contributed by atoms with Gasteiger partial charge < -0.3 is 20.3 Å². The number of rotatable bonds is 9. The highest BCUT2D eigenvalue weighted by atomic mass is 16.6. The molecule has 35 heavy (non-hydrogen) atoms. The number of amides is 3. The number of hydrogen-bond acceptors (Lipinski definition) is 4. The molecule has 7 nitrogen and oxygen atoms in total. The van der Waals surface area contributed by atoms with Gasteiger partial charge in [0.25, 0.3) is 5.91 Å². The van der Waals surface area contributed by atoms with Gasteiger partial charge in [0.1, 0.15) is 17.7 Å². The highest BCUT2D eigenvalue weighted by Gasteiger charge is 2.34. The van der Waals surface area contributed by atoms with E-state index in [9.17, 15) is 14.4 Å². The summed E-state index contributed by atoms with van der Waals surface area (Å²) in [4.78, 5) is 41.1. The first-order valence-electron chi connectivity index (χ1n) is 12.2. The zero-order valence-corrected chi connectivity index (χ0v) is 22.0. The van der Waals surface area contributed by atoms with Crippen molar-refractivity contribution >= 4 is 23.6 Å². The van der Waals surface area contributed by atoms with E-state index >= 15 is 0 Å². The molecule has 0 heterocycles. The summed E-state index contributed by atoms with van der Waals surface area (Å²) < 4.78 is 5.31. The maximum Gasteiger partial charge on any atom is 0.408 e. The number of nitrogens with one attached hydrogen (secondary N) is 2. The monoisotopic (exact) mass is 481 g/mol. The summed E-state index contributed by atoms with van der Waals surface area (Å²) in [6.07, 6.45) is 0.837. The lowest BCUT2D eigenvalue weighted by Gasteiger charge is -2.33. The fourth-order valence-electron chi connectivity index (χ4n) is 3.72. The fourth-order valence-corrected chi connectivity index (χ4v) is 3.72. The van der Waals surface area contributed by atoms with Crippen molar-refractivity contribution in [3.05, 3.63) is 65.2 Å². The molecule has 0 aliphatic heterocycles. The zero-order valence-electron chi connectivity index (χ0n) is 22.0. The van der Waals surface area contributed by atoms with E-state index in [-0.39, 0.29) is 11.8 Å². The first-order chi connectivity index (χ1) is 16.5. The number of carbonyl (C=O) groups excluding carboxylic acids is 3. The third-order valence-electron chi connectivity index (χ3n) is 5.52. The summed E-state index contributed by atoms with van der Waals surface area (Å²) in [7, 11) is 0. The van der Waals surface area contributed by atoms with E-state index < -0.39 is 23.8 Å². The maximum absolute atomic E-state index is 13.7. The van der Waals surface area contributed by atoms with Gasteiger partial charge in [-0.05, 0) is 70.2 Å². The molecule has 0 aliphatic carbocycles. The van der Waals surface area contributed by atoms with Gasteiger partial charge in [-0.25, -0.2) is 4.79 Å². The molecule has 2 N–H and O–H groups in total. The van der Waals surface area contributed by atoms with Crippen LogP contribution in [-0.4, -0.2) is 41.0 Å². The average molecular weight is 482 g/mol. The maximum atomic E-state index is 13.7.